The maximum absolute atomic E-state index is 13.5. The van der Waals surface area contributed by atoms with Gasteiger partial charge in [-0.15, -0.1) is 11.8 Å². The second kappa shape index (κ2) is 5.92. The Bertz CT molecular complexity index is 662. The predicted molar refractivity (Wildman–Crippen MR) is 73.7 cm³/mol. The highest BCUT2D eigenvalue weighted by molar-refractivity contribution is 7.98. The lowest BCUT2D eigenvalue weighted by molar-refractivity contribution is 0.0697. The molecular weight excluding hydrogens is 284 g/mol. The lowest BCUT2D eigenvalue weighted by Gasteiger charge is -2.09. The summed E-state index contributed by atoms with van der Waals surface area (Å²) < 4.78 is 26.3. The van der Waals surface area contributed by atoms with Crippen LogP contribution in [0.15, 0.2) is 41.3 Å². The Kier molecular flexibility index (Phi) is 4.24. The normalized spacial score (nSPS) is 10.5. The smallest absolute Gasteiger partial charge is 0.338 e. The van der Waals surface area contributed by atoms with Crippen LogP contribution in [0.3, 0.4) is 0 Å². The van der Waals surface area contributed by atoms with Crippen molar-refractivity contribution in [1.29, 1.82) is 0 Å². The van der Waals surface area contributed by atoms with Crippen LogP contribution in [0.25, 0.3) is 0 Å². The molecule has 0 saturated heterocycles. The molecule has 0 amide bonds. The third kappa shape index (κ3) is 3.08. The zero-order chi connectivity index (χ0) is 14.7. The number of aromatic carboxylic acids is 1. The minimum atomic E-state index is -1.13. The Labute approximate surface area is 118 Å². The molecule has 2 rings (SSSR count). The van der Waals surface area contributed by atoms with Crippen molar-refractivity contribution in [3.63, 3.8) is 0 Å². The molecular formula is C14H11F2NO2S. The molecule has 0 bridgehead atoms. The Hall–Kier alpha value is -2.08. The Morgan fingerprint density at radius 1 is 1.25 bits per heavy atom. The largest absolute Gasteiger partial charge is 0.478 e. The van der Waals surface area contributed by atoms with Gasteiger partial charge in [0.05, 0.1) is 5.56 Å². The van der Waals surface area contributed by atoms with E-state index in [2.05, 4.69) is 0 Å². The van der Waals surface area contributed by atoms with Crippen LogP contribution in [-0.2, 0) is 5.75 Å². The minimum absolute atomic E-state index is 0.0162. The van der Waals surface area contributed by atoms with Crippen LogP contribution in [0.5, 0.6) is 0 Å². The summed E-state index contributed by atoms with van der Waals surface area (Å²) in [5.41, 5.74) is 6.30. The van der Waals surface area contributed by atoms with Gasteiger partial charge in [0.1, 0.15) is 11.6 Å². The summed E-state index contributed by atoms with van der Waals surface area (Å²) in [6, 6.07) is 8.02. The van der Waals surface area contributed by atoms with Crippen LogP contribution in [-0.4, -0.2) is 11.1 Å². The number of thioether (sulfide) groups is 1. The molecule has 0 heterocycles. The van der Waals surface area contributed by atoms with Crippen LogP contribution < -0.4 is 5.73 Å². The molecule has 0 aliphatic heterocycles. The molecule has 0 radical (unpaired) electrons. The van der Waals surface area contributed by atoms with E-state index >= 15 is 0 Å². The number of anilines is 1. The molecule has 0 unspecified atom stereocenters. The Morgan fingerprint density at radius 2 is 2.00 bits per heavy atom. The highest BCUT2D eigenvalue weighted by Gasteiger charge is 2.14. The van der Waals surface area contributed by atoms with Gasteiger partial charge in [-0.05, 0) is 23.8 Å². The monoisotopic (exact) mass is 295 g/mol. The SMILES string of the molecule is Nc1cccc(CSc2ccc(F)cc2F)c1C(=O)O. The van der Waals surface area contributed by atoms with E-state index in [1.165, 1.54) is 12.1 Å². The van der Waals surface area contributed by atoms with Crippen molar-refractivity contribution in [2.75, 3.05) is 5.73 Å². The van der Waals surface area contributed by atoms with Gasteiger partial charge in [-0.3, -0.25) is 0 Å². The number of carbonyl (C=O) groups is 1. The molecule has 2 aromatic carbocycles. The topological polar surface area (TPSA) is 63.3 Å². The molecule has 3 N–H and O–H groups in total. The van der Waals surface area contributed by atoms with Crippen LogP contribution in [0, 0.1) is 11.6 Å². The third-order valence-corrected chi connectivity index (χ3v) is 3.77. The summed E-state index contributed by atoms with van der Waals surface area (Å²) in [7, 11) is 0. The van der Waals surface area contributed by atoms with E-state index in [1.807, 2.05) is 0 Å². The Balaban J connectivity index is 2.23. The first kappa shape index (κ1) is 14.3. The zero-order valence-corrected chi connectivity index (χ0v) is 11.1. The average molecular weight is 295 g/mol. The van der Waals surface area contributed by atoms with E-state index in [1.54, 1.807) is 12.1 Å². The van der Waals surface area contributed by atoms with Crippen molar-refractivity contribution in [2.24, 2.45) is 0 Å². The molecule has 0 saturated carbocycles. The highest BCUT2D eigenvalue weighted by Crippen LogP contribution is 2.28. The van der Waals surface area contributed by atoms with Crippen LogP contribution in [0.4, 0.5) is 14.5 Å². The van der Waals surface area contributed by atoms with Crippen molar-refractivity contribution in [1.82, 2.24) is 0 Å². The minimum Gasteiger partial charge on any atom is -0.478 e. The van der Waals surface area contributed by atoms with Gasteiger partial charge in [-0.1, -0.05) is 12.1 Å². The van der Waals surface area contributed by atoms with Crippen molar-refractivity contribution in [3.05, 3.63) is 59.2 Å². The number of carboxylic acids is 1. The van der Waals surface area contributed by atoms with Crippen molar-refractivity contribution < 1.29 is 18.7 Å². The van der Waals surface area contributed by atoms with Crippen LogP contribution >= 0.6 is 11.8 Å². The van der Waals surface area contributed by atoms with E-state index in [0.29, 0.717) is 5.56 Å². The summed E-state index contributed by atoms with van der Waals surface area (Å²) in [5, 5.41) is 9.12. The third-order valence-electron chi connectivity index (χ3n) is 2.67. The van der Waals surface area contributed by atoms with E-state index < -0.39 is 17.6 Å². The molecule has 104 valence electrons. The first-order valence-corrected chi connectivity index (χ1v) is 6.66. The molecule has 0 aliphatic rings. The molecule has 2 aromatic rings. The first-order chi connectivity index (χ1) is 9.49. The van der Waals surface area contributed by atoms with Crippen molar-refractivity contribution >= 4 is 23.4 Å². The maximum atomic E-state index is 13.5. The number of nitrogen functional groups attached to an aromatic ring is 1. The number of nitrogens with two attached hydrogens (primary N) is 1. The van der Waals surface area contributed by atoms with E-state index in [9.17, 15) is 13.6 Å². The molecule has 3 nitrogen and oxygen atoms in total. The molecule has 0 aliphatic carbocycles. The van der Waals surface area contributed by atoms with Gasteiger partial charge in [-0.2, -0.15) is 0 Å². The van der Waals surface area contributed by atoms with Crippen LogP contribution in [0.1, 0.15) is 15.9 Å². The molecule has 0 spiro atoms. The fourth-order valence-corrected chi connectivity index (χ4v) is 2.66. The Morgan fingerprint density at radius 3 is 2.65 bits per heavy atom. The number of hydrogen-bond acceptors (Lipinski definition) is 3. The predicted octanol–water partition coefficient (Wildman–Crippen LogP) is 3.54. The summed E-state index contributed by atoms with van der Waals surface area (Å²) in [6.07, 6.45) is 0. The number of halogens is 2. The standard InChI is InChI=1S/C14H11F2NO2S/c15-9-4-5-12(10(16)6-9)20-7-8-2-1-3-11(17)13(8)14(18)19/h1-6H,7,17H2,(H,18,19). The van der Waals surface area contributed by atoms with Gasteiger partial charge in [0.25, 0.3) is 0 Å². The molecule has 20 heavy (non-hydrogen) atoms. The van der Waals surface area contributed by atoms with Gasteiger partial charge in [0.2, 0.25) is 0 Å². The van der Waals surface area contributed by atoms with Crippen molar-refractivity contribution in [3.8, 4) is 0 Å². The fourth-order valence-electron chi connectivity index (χ4n) is 1.75. The quantitative estimate of drug-likeness (QED) is 0.669. The van der Waals surface area contributed by atoms with E-state index in [-0.39, 0.29) is 21.9 Å². The summed E-state index contributed by atoms with van der Waals surface area (Å²) in [5.74, 6) is -2.22. The van der Waals surface area contributed by atoms with Gasteiger partial charge in [0, 0.05) is 22.4 Å². The number of rotatable bonds is 4. The van der Waals surface area contributed by atoms with E-state index in [0.717, 1.165) is 23.9 Å². The number of benzene rings is 2. The summed E-state index contributed by atoms with van der Waals surface area (Å²) in [6.45, 7) is 0. The maximum Gasteiger partial charge on any atom is 0.338 e. The molecule has 0 aromatic heterocycles. The molecule has 6 heteroatoms. The summed E-state index contributed by atoms with van der Waals surface area (Å²) >= 11 is 1.09. The lowest BCUT2D eigenvalue weighted by atomic mass is 10.1. The number of carboxylic acid groups (broad SMARTS) is 1. The second-order valence-corrected chi connectivity index (χ2v) is 5.07. The van der Waals surface area contributed by atoms with Crippen LogP contribution in [0.2, 0.25) is 0 Å². The average Bonchev–Trinajstić information content (AvgIpc) is 2.37. The molecule has 0 fully saturated rings. The van der Waals surface area contributed by atoms with Gasteiger partial charge >= 0.3 is 5.97 Å². The van der Waals surface area contributed by atoms with Gasteiger partial charge in [-0.25, -0.2) is 13.6 Å². The fraction of sp³-hybridized carbons (Fsp3) is 0.0714. The zero-order valence-electron chi connectivity index (χ0n) is 10.3. The first-order valence-electron chi connectivity index (χ1n) is 5.67. The number of hydrogen-bond donors (Lipinski definition) is 2. The highest BCUT2D eigenvalue weighted by atomic mass is 32.2. The van der Waals surface area contributed by atoms with Gasteiger partial charge < -0.3 is 10.8 Å². The van der Waals surface area contributed by atoms with Gasteiger partial charge in [0.15, 0.2) is 0 Å². The summed E-state index contributed by atoms with van der Waals surface area (Å²) in [4.78, 5) is 11.4. The lowest BCUT2D eigenvalue weighted by Crippen LogP contribution is -2.06. The van der Waals surface area contributed by atoms with E-state index in [4.69, 9.17) is 10.8 Å². The molecule has 0 atom stereocenters. The van der Waals surface area contributed by atoms with Crippen molar-refractivity contribution in [2.45, 2.75) is 10.6 Å². The second-order valence-electron chi connectivity index (χ2n) is 4.05.